The Labute approximate surface area is 170 Å². The maximum absolute atomic E-state index is 13.0. The average Bonchev–Trinajstić information content (AvgIpc) is 3.15. The maximum Gasteiger partial charge on any atom is 0.270 e. The van der Waals surface area contributed by atoms with Gasteiger partial charge in [-0.3, -0.25) is 20.2 Å². The lowest BCUT2D eigenvalue weighted by Gasteiger charge is -2.30. The van der Waals surface area contributed by atoms with E-state index in [1.54, 1.807) is 19.2 Å². The van der Waals surface area contributed by atoms with Gasteiger partial charge in [0, 0.05) is 25.2 Å². The van der Waals surface area contributed by atoms with Crippen LogP contribution in [0.5, 0.6) is 5.75 Å². The number of thiazole rings is 1. The number of hydrogen-bond donors (Lipinski definition) is 1. The predicted octanol–water partition coefficient (Wildman–Crippen LogP) is 3.30. The summed E-state index contributed by atoms with van der Waals surface area (Å²) in [5, 5.41) is 14.4. The number of non-ortho nitro benzene ring substituents is 1. The first kappa shape index (κ1) is 19.1. The highest BCUT2D eigenvalue weighted by Gasteiger charge is 2.23. The van der Waals surface area contributed by atoms with Crippen LogP contribution in [0, 0.1) is 10.1 Å². The Hall–Kier alpha value is -3.24. The number of nitrogens with one attached hydrogen (secondary N) is 1. The van der Waals surface area contributed by atoms with Crippen molar-refractivity contribution in [2.24, 2.45) is 0 Å². The van der Waals surface area contributed by atoms with Crippen LogP contribution in [0.25, 0.3) is 10.2 Å². The molecule has 0 aliphatic carbocycles. The molecule has 1 saturated heterocycles. The van der Waals surface area contributed by atoms with Gasteiger partial charge in [-0.25, -0.2) is 4.98 Å². The molecule has 150 valence electrons. The molecule has 3 aromatic rings. The largest absolute Gasteiger partial charge is 0.497 e. The number of nitro benzene ring substituents is 1. The molecule has 0 unspecified atom stereocenters. The number of ether oxygens (including phenoxy) is 2. The fourth-order valence-electron chi connectivity index (χ4n) is 3.15. The molecule has 1 aliphatic heterocycles. The molecule has 1 aliphatic rings. The number of carbonyl (C=O) groups is 1. The summed E-state index contributed by atoms with van der Waals surface area (Å²) in [5.74, 6) is 0.258. The van der Waals surface area contributed by atoms with Crippen LogP contribution < -0.4 is 15.0 Å². The van der Waals surface area contributed by atoms with E-state index >= 15 is 0 Å². The molecule has 2 aromatic carbocycles. The van der Waals surface area contributed by atoms with Gasteiger partial charge in [0.15, 0.2) is 5.13 Å². The molecular weight excluding hydrogens is 396 g/mol. The number of hydrogen-bond acceptors (Lipinski definition) is 8. The van der Waals surface area contributed by atoms with Crippen molar-refractivity contribution in [1.82, 2.24) is 4.98 Å². The van der Waals surface area contributed by atoms with Crippen molar-refractivity contribution in [3.05, 3.63) is 52.1 Å². The third-order valence-corrected chi connectivity index (χ3v) is 5.54. The number of aromatic nitrogens is 1. The maximum atomic E-state index is 13.0. The van der Waals surface area contributed by atoms with E-state index in [1.165, 1.54) is 23.5 Å². The number of benzene rings is 2. The third-order valence-electron chi connectivity index (χ3n) is 4.60. The number of morpholine rings is 1. The molecule has 0 radical (unpaired) electrons. The van der Waals surface area contributed by atoms with Crippen molar-refractivity contribution >= 4 is 44.0 Å². The minimum Gasteiger partial charge on any atom is -0.497 e. The first-order valence-electron chi connectivity index (χ1n) is 8.92. The van der Waals surface area contributed by atoms with Crippen LogP contribution in [-0.4, -0.2) is 49.2 Å². The normalized spacial score (nSPS) is 14.0. The SMILES string of the molecule is COc1ccc2nc(NC(=O)c3cc([N+](=O)[O-])ccc3N3CCOCC3)sc2c1. The van der Waals surface area contributed by atoms with E-state index in [4.69, 9.17) is 9.47 Å². The minimum atomic E-state index is -0.510. The summed E-state index contributed by atoms with van der Waals surface area (Å²) in [6.07, 6.45) is 0. The van der Waals surface area contributed by atoms with Crippen molar-refractivity contribution in [2.75, 3.05) is 43.6 Å². The summed E-state index contributed by atoms with van der Waals surface area (Å²) in [6, 6.07) is 9.77. The van der Waals surface area contributed by atoms with Crippen molar-refractivity contribution in [3.63, 3.8) is 0 Å². The van der Waals surface area contributed by atoms with Crippen LogP contribution in [-0.2, 0) is 4.74 Å². The van der Waals surface area contributed by atoms with Crippen molar-refractivity contribution in [3.8, 4) is 5.75 Å². The summed E-state index contributed by atoms with van der Waals surface area (Å²) in [6.45, 7) is 2.30. The molecular formula is C19H18N4O5S. The van der Waals surface area contributed by atoms with E-state index in [1.807, 2.05) is 17.0 Å². The number of anilines is 2. The number of nitrogens with zero attached hydrogens (tertiary/aromatic N) is 3. The number of fused-ring (bicyclic) bond motifs is 1. The van der Waals surface area contributed by atoms with E-state index in [2.05, 4.69) is 10.3 Å². The van der Waals surface area contributed by atoms with Gasteiger partial charge in [-0.1, -0.05) is 11.3 Å². The fraction of sp³-hybridized carbons (Fsp3) is 0.263. The molecule has 10 heteroatoms. The fourth-order valence-corrected chi connectivity index (χ4v) is 4.04. The van der Waals surface area contributed by atoms with Gasteiger partial charge < -0.3 is 14.4 Å². The van der Waals surface area contributed by atoms with Gasteiger partial charge in [-0.15, -0.1) is 0 Å². The number of methoxy groups -OCH3 is 1. The van der Waals surface area contributed by atoms with Gasteiger partial charge in [-0.2, -0.15) is 0 Å². The van der Waals surface area contributed by atoms with E-state index in [-0.39, 0.29) is 11.3 Å². The molecule has 1 amide bonds. The highest BCUT2D eigenvalue weighted by Crippen LogP contribution is 2.31. The van der Waals surface area contributed by atoms with Crippen molar-refractivity contribution in [2.45, 2.75) is 0 Å². The zero-order chi connectivity index (χ0) is 20.4. The molecule has 0 saturated carbocycles. The lowest BCUT2D eigenvalue weighted by Crippen LogP contribution is -2.37. The predicted molar refractivity (Wildman–Crippen MR) is 110 cm³/mol. The number of rotatable bonds is 5. The molecule has 9 nitrogen and oxygen atoms in total. The number of nitro groups is 1. The second-order valence-electron chi connectivity index (χ2n) is 6.36. The molecule has 2 heterocycles. The Balaban J connectivity index is 1.66. The summed E-state index contributed by atoms with van der Waals surface area (Å²) < 4.78 is 11.4. The van der Waals surface area contributed by atoms with Crippen LogP contribution in [0.3, 0.4) is 0 Å². The van der Waals surface area contributed by atoms with Gasteiger partial charge in [0.25, 0.3) is 11.6 Å². The zero-order valence-corrected chi connectivity index (χ0v) is 16.4. The Morgan fingerprint density at radius 3 is 2.79 bits per heavy atom. The zero-order valence-electron chi connectivity index (χ0n) is 15.6. The number of carbonyl (C=O) groups excluding carboxylic acids is 1. The topological polar surface area (TPSA) is 107 Å². The van der Waals surface area contributed by atoms with Crippen LogP contribution in [0.1, 0.15) is 10.4 Å². The molecule has 1 fully saturated rings. The third kappa shape index (κ3) is 3.98. The van der Waals surface area contributed by atoms with Crippen LogP contribution >= 0.6 is 11.3 Å². The van der Waals surface area contributed by atoms with E-state index in [9.17, 15) is 14.9 Å². The van der Waals surface area contributed by atoms with Gasteiger partial charge in [0.05, 0.1) is 46.7 Å². The minimum absolute atomic E-state index is 0.138. The summed E-state index contributed by atoms with van der Waals surface area (Å²) in [4.78, 5) is 30.1. The van der Waals surface area contributed by atoms with Gasteiger partial charge in [-0.05, 0) is 24.3 Å². The van der Waals surface area contributed by atoms with Gasteiger partial charge in [0.1, 0.15) is 5.75 Å². The lowest BCUT2D eigenvalue weighted by atomic mass is 10.1. The van der Waals surface area contributed by atoms with E-state index in [0.29, 0.717) is 42.9 Å². The highest BCUT2D eigenvalue weighted by molar-refractivity contribution is 7.22. The summed E-state index contributed by atoms with van der Waals surface area (Å²) in [5.41, 5.74) is 1.47. The van der Waals surface area contributed by atoms with Crippen LogP contribution in [0.2, 0.25) is 0 Å². The molecule has 0 spiro atoms. The Kier molecular flexibility index (Phi) is 5.28. The highest BCUT2D eigenvalue weighted by atomic mass is 32.1. The standard InChI is InChI=1S/C19H18N4O5S/c1-27-13-3-4-15-17(11-13)29-19(20-15)21-18(24)14-10-12(23(25)26)2-5-16(14)22-6-8-28-9-7-22/h2-5,10-11H,6-9H2,1H3,(H,20,21,24). The summed E-state index contributed by atoms with van der Waals surface area (Å²) >= 11 is 1.31. The van der Waals surface area contributed by atoms with Gasteiger partial charge >= 0.3 is 0 Å². The quantitative estimate of drug-likeness (QED) is 0.504. The van der Waals surface area contributed by atoms with E-state index in [0.717, 1.165) is 10.2 Å². The first-order valence-corrected chi connectivity index (χ1v) is 9.74. The smallest absolute Gasteiger partial charge is 0.270 e. The summed E-state index contributed by atoms with van der Waals surface area (Å²) in [7, 11) is 1.58. The first-order chi connectivity index (χ1) is 14.0. The van der Waals surface area contributed by atoms with Crippen LogP contribution in [0.4, 0.5) is 16.5 Å². The Bertz CT molecular complexity index is 1080. The second-order valence-corrected chi connectivity index (χ2v) is 7.40. The van der Waals surface area contributed by atoms with Crippen molar-refractivity contribution < 1.29 is 19.2 Å². The Morgan fingerprint density at radius 1 is 1.28 bits per heavy atom. The second kappa shape index (κ2) is 8.02. The van der Waals surface area contributed by atoms with E-state index < -0.39 is 10.8 Å². The molecule has 0 atom stereocenters. The monoisotopic (exact) mass is 414 g/mol. The van der Waals surface area contributed by atoms with Crippen LogP contribution in [0.15, 0.2) is 36.4 Å². The molecule has 29 heavy (non-hydrogen) atoms. The molecule has 4 rings (SSSR count). The Morgan fingerprint density at radius 2 is 2.07 bits per heavy atom. The number of amides is 1. The van der Waals surface area contributed by atoms with Gasteiger partial charge in [0.2, 0.25) is 0 Å². The molecule has 0 bridgehead atoms. The average molecular weight is 414 g/mol. The lowest BCUT2D eigenvalue weighted by molar-refractivity contribution is -0.384. The van der Waals surface area contributed by atoms with Crippen molar-refractivity contribution in [1.29, 1.82) is 0 Å². The molecule has 1 N–H and O–H groups in total. The molecule has 1 aromatic heterocycles.